The Morgan fingerprint density at radius 2 is 0.946 bits per heavy atom. The molecule has 0 amide bonds. The zero-order valence-electron chi connectivity index (χ0n) is 30.2. The molecule has 3 aromatic heterocycles. The van der Waals surface area contributed by atoms with Crippen LogP contribution in [0.1, 0.15) is 0 Å². The van der Waals surface area contributed by atoms with Gasteiger partial charge in [-0.25, -0.2) is 9.97 Å². The van der Waals surface area contributed by atoms with Crippen LogP contribution in [-0.2, 0) is 0 Å². The van der Waals surface area contributed by atoms with Crippen LogP contribution in [0.2, 0.25) is 0 Å². The van der Waals surface area contributed by atoms with E-state index in [-0.39, 0.29) is 0 Å². The van der Waals surface area contributed by atoms with Gasteiger partial charge in [0.1, 0.15) is 11.2 Å². The largest absolute Gasteiger partial charge is 0.455 e. The van der Waals surface area contributed by atoms with Crippen molar-refractivity contribution >= 4 is 53.4 Å². The number of fused-ring (bicyclic) bond motifs is 6. The maximum Gasteiger partial charge on any atom is 0.160 e. The molecular formula is C52H32N2OS. The number of benzene rings is 8. The summed E-state index contributed by atoms with van der Waals surface area (Å²) in [4.78, 5) is 10.6. The van der Waals surface area contributed by atoms with Gasteiger partial charge in [-0.05, 0) is 64.2 Å². The molecule has 0 bridgehead atoms. The minimum Gasteiger partial charge on any atom is -0.455 e. The van der Waals surface area contributed by atoms with E-state index < -0.39 is 0 Å². The quantitative estimate of drug-likeness (QED) is 0.171. The van der Waals surface area contributed by atoms with Crippen LogP contribution < -0.4 is 0 Å². The lowest BCUT2D eigenvalue weighted by atomic mass is 9.93. The first-order valence-electron chi connectivity index (χ1n) is 18.8. The number of furan rings is 1. The molecule has 3 heterocycles. The first kappa shape index (κ1) is 32.3. The lowest BCUT2D eigenvalue weighted by molar-refractivity contribution is 0.670. The van der Waals surface area contributed by atoms with Crippen molar-refractivity contribution in [3.05, 3.63) is 194 Å². The van der Waals surface area contributed by atoms with E-state index in [1.807, 2.05) is 41.7 Å². The molecule has 3 nitrogen and oxygen atoms in total. The Labute approximate surface area is 327 Å². The fraction of sp³-hybridized carbons (Fsp3) is 0. The standard InChI is InChI=1S/C52H32N2OS/c1-3-15-33(16-4-1)35-29-36(38-23-13-26-45-42-22-10-12-28-49(42)56-51(38)45)31-37(30-35)46-32-47(54-52(53-46)34-17-5-2-6-18-34)40-20-8-7-19-39(40)43-24-14-25-44-41-21-9-11-27-48(41)55-50(43)44/h1-32H. The van der Waals surface area contributed by atoms with Gasteiger partial charge in [0, 0.05) is 53.2 Å². The summed E-state index contributed by atoms with van der Waals surface area (Å²) in [7, 11) is 0. The van der Waals surface area contributed by atoms with Crippen molar-refractivity contribution < 1.29 is 4.42 Å². The van der Waals surface area contributed by atoms with E-state index in [2.05, 4.69) is 164 Å². The monoisotopic (exact) mass is 732 g/mol. The van der Waals surface area contributed by atoms with Gasteiger partial charge in [0.05, 0.1) is 11.4 Å². The third-order valence-corrected chi connectivity index (χ3v) is 11.9. The summed E-state index contributed by atoms with van der Waals surface area (Å²) in [5.74, 6) is 0.674. The van der Waals surface area contributed by atoms with Gasteiger partial charge in [-0.15, -0.1) is 11.3 Å². The van der Waals surface area contributed by atoms with Crippen LogP contribution >= 0.6 is 11.3 Å². The molecule has 0 aliphatic carbocycles. The minimum absolute atomic E-state index is 0.674. The number of hydrogen-bond donors (Lipinski definition) is 0. The molecule has 0 N–H and O–H groups in total. The van der Waals surface area contributed by atoms with E-state index >= 15 is 0 Å². The highest BCUT2D eigenvalue weighted by atomic mass is 32.1. The summed E-state index contributed by atoms with van der Waals surface area (Å²) < 4.78 is 9.12. The number of thiophene rings is 1. The molecule has 11 aromatic rings. The number of hydrogen-bond acceptors (Lipinski definition) is 4. The molecule has 8 aromatic carbocycles. The number of nitrogens with zero attached hydrogens (tertiary/aromatic N) is 2. The molecule has 0 aliphatic rings. The Bertz CT molecular complexity index is 3250. The lowest BCUT2D eigenvalue weighted by Gasteiger charge is -2.15. The predicted molar refractivity (Wildman–Crippen MR) is 235 cm³/mol. The second-order valence-electron chi connectivity index (χ2n) is 14.1. The fourth-order valence-corrected chi connectivity index (χ4v) is 9.29. The molecular weight excluding hydrogens is 701 g/mol. The highest BCUT2D eigenvalue weighted by Crippen LogP contribution is 2.43. The van der Waals surface area contributed by atoms with E-state index in [1.54, 1.807) is 0 Å². The Morgan fingerprint density at radius 3 is 1.79 bits per heavy atom. The molecule has 262 valence electrons. The van der Waals surface area contributed by atoms with Gasteiger partial charge in [0.15, 0.2) is 5.82 Å². The molecule has 0 fully saturated rings. The Kier molecular flexibility index (Phi) is 7.68. The summed E-state index contributed by atoms with van der Waals surface area (Å²) in [6.07, 6.45) is 0. The van der Waals surface area contributed by atoms with Crippen molar-refractivity contribution in [3.63, 3.8) is 0 Å². The summed E-state index contributed by atoms with van der Waals surface area (Å²) in [6, 6.07) is 68.5. The lowest BCUT2D eigenvalue weighted by Crippen LogP contribution is -1.97. The van der Waals surface area contributed by atoms with Gasteiger partial charge in [0.2, 0.25) is 0 Å². The predicted octanol–water partition coefficient (Wildman–Crippen LogP) is 14.7. The Morgan fingerprint density at radius 1 is 0.357 bits per heavy atom. The second kappa shape index (κ2) is 13.3. The fourth-order valence-electron chi connectivity index (χ4n) is 8.05. The molecule has 0 radical (unpaired) electrons. The summed E-state index contributed by atoms with van der Waals surface area (Å²) >= 11 is 1.85. The van der Waals surface area contributed by atoms with Crippen molar-refractivity contribution in [2.75, 3.05) is 0 Å². The first-order chi connectivity index (χ1) is 27.7. The molecule has 0 saturated heterocycles. The molecule has 4 heteroatoms. The van der Waals surface area contributed by atoms with Crippen LogP contribution in [0, 0.1) is 0 Å². The van der Waals surface area contributed by atoms with Crippen LogP contribution in [0.4, 0.5) is 0 Å². The second-order valence-corrected chi connectivity index (χ2v) is 15.2. The zero-order chi connectivity index (χ0) is 37.0. The molecule has 0 atom stereocenters. The average molecular weight is 733 g/mol. The van der Waals surface area contributed by atoms with Crippen molar-refractivity contribution in [2.45, 2.75) is 0 Å². The maximum atomic E-state index is 6.54. The average Bonchev–Trinajstić information content (AvgIpc) is 3.86. The van der Waals surface area contributed by atoms with E-state index in [0.29, 0.717) is 5.82 Å². The topological polar surface area (TPSA) is 38.9 Å². The summed E-state index contributed by atoms with van der Waals surface area (Å²) in [5, 5.41) is 4.78. The molecule has 0 saturated carbocycles. The highest BCUT2D eigenvalue weighted by Gasteiger charge is 2.19. The molecule has 0 spiro atoms. The van der Waals surface area contributed by atoms with Gasteiger partial charge >= 0.3 is 0 Å². The SMILES string of the molecule is c1ccc(-c2cc(-c3cc(-c4ccccc4-c4cccc5c4oc4ccccc45)nc(-c4ccccc4)n3)cc(-c3cccc4c3sc3ccccc34)c2)cc1. The third kappa shape index (κ3) is 5.50. The van der Waals surface area contributed by atoms with Crippen LogP contribution in [0.25, 0.3) is 109 Å². The van der Waals surface area contributed by atoms with Crippen LogP contribution in [-0.4, -0.2) is 9.97 Å². The van der Waals surface area contributed by atoms with Crippen LogP contribution in [0.3, 0.4) is 0 Å². The Balaban J connectivity index is 1.15. The Hall–Kier alpha value is -7.14. The number of para-hydroxylation sites is 2. The normalized spacial score (nSPS) is 11.6. The van der Waals surface area contributed by atoms with Crippen molar-refractivity contribution in [1.82, 2.24) is 9.97 Å². The highest BCUT2D eigenvalue weighted by molar-refractivity contribution is 7.26. The van der Waals surface area contributed by atoms with Gasteiger partial charge < -0.3 is 4.42 Å². The molecule has 11 rings (SSSR count). The van der Waals surface area contributed by atoms with Crippen molar-refractivity contribution in [3.8, 4) is 67.3 Å². The van der Waals surface area contributed by atoms with Crippen LogP contribution in [0.15, 0.2) is 199 Å². The molecule has 56 heavy (non-hydrogen) atoms. The van der Waals surface area contributed by atoms with Gasteiger partial charge in [-0.2, -0.15) is 0 Å². The molecule has 0 aliphatic heterocycles. The van der Waals surface area contributed by atoms with Crippen molar-refractivity contribution in [1.29, 1.82) is 0 Å². The van der Waals surface area contributed by atoms with E-state index in [1.165, 1.54) is 25.7 Å². The zero-order valence-corrected chi connectivity index (χ0v) is 31.0. The van der Waals surface area contributed by atoms with Gasteiger partial charge in [-0.1, -0.05) is 158 Å². The van der Waals surface area contributed by atoms with E-state index in [9.17, 15) is 0 Å². The summed E-state index contributed by atoms with van der Waals surface area (Å²) in [6.45, 7) is 0. The smallest absolute Gasteiger partial charge is 0.160 e. The van der Waals surface area contributed by atoms with Crippen molar-refractivity contribution in [2.24, 2.45) is 0 Å². The first-order valence-corrected chi connectivity index (χ1v) is 19.6. The number of rotatable bonds is 6. The van der Waals surface area contributed by atoms with Gasteiger partial charge in [0.25, 0.3) is 0 Å². The third-order valence-electron chi connectivity index (χ3n) is 10.7. The minimum atomic E-state index is 0.674. The number of aromatic nitrogens is 2. The van der Waals surface area contributed by atoms with Gasteiger partial charge in [-0.3, -0.25) is 0 Å². The van der Waals surface area contributed by atoms with E-state index in [0.717, 1.165) is 77.8 Å². The van der Waals surface area contributed by atoms with E-state index in [4.69, 9.17) is 14.4 Å². The summed E-state index contributed by atoms with van der Waals surface area (Å²) in [5.41, 5.74) is 13.2. The van der Waals surface area contributed by atoms with Crippen LogP contribution in [0.5, 0.6) is 0 Å². The molecule has 0 unspecified atom stereocenters. The maximum absolute atomic E-state index is 6.54.